The molecule has 2 N–H and O–H groups in total. The molecule has 0 radical (unpaired) electrons. The number of guanidine groups is 1. The van der Waals surface area contributed by atoms with Gasteiger partial charge < -0.3 is 20.1 Å². The van der Waals surface area contributed by atoms with Crippen LogP contribution in [0.25, 0.3) is 0 Å². The number of aliphatic imine (C=N–C) groups is 1. The van der Waals surface area contributed by atoms with Crippen molar-refractivity contribution in [3.05, 3.63) is 0 Å². The maximum atomic E-state index is 12.4. The van der Waals surface area contributed by atoms with Gasteiger partial charge in [-0.2, -0.15) is 13.2 Å². The number of nitrogens with one attached hydrogen (secondary N) is 2. The predicted molar refractivity (Wildman–Crippen MR) is 112 cm³/mol. The minimum absolute atomic E-state index is 0. The summed E-state index contributed by atoms with van der Waals surface area (Å²) in [6.07, 6.45) is -1.17. The molecule has 1 aliphatic heterocycles. The van der Waals surface area contributed by atoms with E-state index in [1.54, 1.807) is 7.05 Å². The van der Waals surface area contributed by atoms with Gasteiger partial charge in [0.05, 0.1) is 26.4 Å². The Morgan fingerprint density at radius 3 is 2.48 bits per heavy atom. The van der Waals surface area contributed by atoms with E-state index >= 15 is 0 Å². The molecular formula is C17H34F3IN4O2. The number of hydrogen-bond donors (Lipinski definition) is 2. The van der Waals surface area contributed by atoms with E-state index in [4.69, 9.17) is 9.47 Å². The summed E-state index contributed by atoms with van der Waals surface area (Å²) in [6, 6.07) is 0. The number of likely N-dealkylation sites (tertiary alicyclic amines) is 1. The van der Waals surface area contributed by atoms with E-state index in [0.717, 1.165) is 25.9 Å². The summed E-state index contributed by atoms with van der Waals surface area (Å²) in [6.45, 7) is 5.96. The van der Waals surface area contributed by atoms with Crippen LogP contribution in [0.4, 0.5) is 13.2 Å². The largest absolute Gasteiger partial charge is 0.401 e. The zero-order chi connectivity index (χ0) is 19.3. The normalized spacial score (nSPS) is 18.4. The van der Waals surface area contributed by atoms with Crippen molar-refractivity contribution in [3.63, 3.8) is 0 Å². The first-order valence-electron chi connectivity index (χ1n) is 9.33. The number of hydrogen-bond acceptors (Lipinski definition) is 4. The van der Waals surface area contributed by atoms with Crippen molar-refractivity contribution in [2.75, 3.05) is 66.2 Å². The summed E-state index contributed by atoms with van der Waals surface area (Å²) in [5.41, 5.74) is 0. The van der Waals surface area contributed by atoms with Crippen LogP contribution in [0.1, 0.15) is 26.2 Å². The number of ether oxygens (including phenoxy) is 2. The first-order chi connectivity index (χ1) is 12.4. The highest BCUT2D eigenvalue weighted by atomic mass is 127. The van der Waals surface area contributed by atoms with Crippen molar-refractivity contribution >= 4 is 29.9 Å². The quantitative estimate of drug-likeness (QED) is 0.183. The Kier molecular flexibility index (Phi) is 15.4. The van der Waals surface area contributed by atoms with Gasteiger partial charge in [-0.05, 0) is 25.3 Å². The van der Waals surface area contributed by atoms with Gasteiger partial charge in [0, 0.05) is 33.3 Å². The Hall–Kier alpha value is -0.330. The molecule has 1 unspecified atom stereocenters. The van der Waals surface area contributed by atoms with Crippen molar-refractivity contribution < 1.29 is 22.6 Å². The molecule has 0 spiro atoms. The van der Waals surface area contributed by atoms with Crippen molar-refractivity contribution in [1.29, 1.82) is 0 Å². The molecule has 1 atom stereocenters. The van der Waals surface area contributed by atoms with Gasteiger partial charge in [-0.3, -0.25) is 9.89 Å². The molecule has 0 bridgehead atoms. The van der Waals surface area contributed by atoms with Crippen LogP contribution in [0.5, 0.6) is 0 Å². The fraction of sp³-hybridized carbons (Fsp3) is 0.941. The van der Waals surface area contributed by atoms with Gasteiger partial charge in [0.1, 0.15) is 0 Å². The molecular weight excluding hydrogens is 476 g/mol. The number of rotatable bonds is 12. The van der Waals surface area contributed by atoms with Gasteiger partial charge >= 0.3 is 6.18 Å². The van der Waals surface area contributed by atoms with E-state index in [2.05, 4.69) is 22.5 Å². The maximum absolute atomic E-state index is 12.4. The minimum Gasteiger partial charge on any atom is -0.379 e. The molecule has 1 saturated heterocycles. The van der Waals surface area contributed by atoms with Crippen molar-refractivity contribution in [3.8, 4) is 0 Å². The molecule has 0 saturated carbocycles. The van der Waals surface area contributed by atoms with Crippen molar-refractivity contribution in [1.82, 2.24) is 15.5 Å². The third kappa shape index (κ3) is 14.3. The summed E-state index contributed by atoms with van der Waals surface area (Å²) < 4.78 is 48.1. The summed E-state index contributed by atoms with van der Waals surface area (Å²) in [5.74, 6) is 0.842. The molecule has 0 aromatic carbocycles. The van der Waals surface area contributed by atoms with Crippen LogP contribution in [0.2, 0.25) is 0 Å². The van der Waals surface area contributed by atoms with E-state index in [1.807, 2.05) is 0 Å². The van der Waals surface area contributed by atoms with Gasteiger partial charge in [-0.15, -0.1) is 24.0 Å². The van der Waals surface area contributed by atoms with E-state index in [1.165, 1.54) is 4.90 Å². The standard InChI is InChI=1S/C17H33F3N4O2.HI/c1-3-4-8-25-10-11-26-9-6-22-16(21-2)23-12-15-5-7-24(13-15)14-17(18,19)20;/h15H,3-14H2,1-2H3,(H2,21,22,23);1H. The molecule has 1 rings (SSSR count). The van der Waals surface area contributed by atoms with Gasteiger partial charge in [0.15, 0.2) is 5.96 Å². The number of alkyl halides is 3. The molecule has 1 heterocycles. The molecule has 10 heteroatoms. The third-order valence-electron chi connectivity index (χ3n) is 4.11. The lowest BCUT2D eigenvalue weighted by atomic mass is 10.1. The highest BCUT2D eigenvalue weighted by Crippen LogP contribution is 2.22. The molecule has 1 aliphatic rings. The van der Waals surface area contributed by atoms with Gasteiger partial charge in [0.25, 0.3) is 0 Å². The molecule has 27 heavy (non-hydrogen) atoms. The van der Waals surface area contributed by atoms with E-state index < -0.39 is 12.7 Å². The summed E-state index contributed by atoms with van der Waals surface area (Å²) in [4.78, 5) is 5.57. The fourth-order valence-corrected chi connectivity index (χ4v) is 2.75. The van der Waals surface area contributed by atoms with E-state index in [-0.39, 0.29) is 29.9 Å². The van der Waals surface area contributed by atoms with Crippen LogP contribution in [0.3, 0.4) is 0 Å². The Morgan fingerprint density at radius 1 is 1.15 bits per heavy atom. The Labute approximate surface area is 177 Å². The summed E-state index contributed by atoms with van der Waals surface area (Å²) >= 11 is 0. The molecule has 0 aromatic rings. The van der Waals surface area contributed by atoms with E-state index in [0.29, 0.717) is 52.0 Å². The lowest BCUT2D eigenvalue weighted by Crippen LogP contribution is -2.41. The first kappa shape index (κ1) is 26.7. The zero-order valence-electron chi connectivity index (χ0n) is 16.3. The molecule has 1 fully saturated rings. The molecule has 0 aliphatic carbocycles. The smallest absolute Gasteiger partial charge is 0.379 e. The lowest BCUT2D eigenvalue weighted by molar-refractivity contribution is -0.143. The zero-order valence-corrected chi connectivity index (χ0v) is 18.6. The monoisotopic (exact) mass is 510 g/mol. The Morgan fingerprint density at radius 2 is 1.85 bits per heavy atom. The molecule has 0 aromatic heterocycles. The van der Waals surface area contributed by atoms with Gasteiger partial charge in [-0.25, -0.2) is 0 Å². The molecule has 6 nitrogen and oxygen atoms in total. The van der Waals surface area contributed by atoms with Gasteiger partial charge in [-0.1, -0.05) is 13.3 Å². The second-order valence-electron chi connectivity index (χ2n) is 6.46. The van der Waals surface area contributed by atoms with E-state index in [9.17, 15) is 13.2 Å². The van der Waals surface area contributed by atoms with Crippen molar-refractivity contribution in [2.24, 2.45) is 10.9 Å². The Bertz CT molecular complexity index is 401. The molecule has 162 valence electrons. The Balaban J connectivity index is 0.00000676. The van der Waals surface area contributed by atoms with Crippen LogP contribution in [-0.2, 0) is 9.47 Å². The van der Waals surface area contributed by atoms with Crippen LogP contribution in [0, 0.1) is 5.92 Å². The second kappa shape index (κ2) is 15.6. The van der Waals surface area contributed by atoms with Gasteiger partial charge in [0.2, 0.25) is 0 Å². The van der Waals surface area contributed by atoms with Crippen LogP contribution in [0.15, 0.2) is 4.99 Å². The number of nitrogens with zero attached hydrogens (tertiary/aromatic N) is 2. The third-order valence-corrected chi connectivity index (χ3v) is 4.11. The maximum Gasteiger partial charge on any atom is 0.401 e. The number of unbranched alkanes of at least 4 members (excludes halogenated alkanes) is 1. The topological polar surface area (TPSA) is 58.1 Å². The highest BCUT2D eigenvalue weighted by Gasteiger charge is 2.34. The highest BCUT2D eigenvalue weighted by molar-refractivity contribution is 14.0. The second-order valence-corrected chi connectivity index (χ2v) is 6.46. The summed E-state index contributed by atoms with van der Waals surface area (Å²) in [5, 5.41) is 6.30. The fourth-order valence-electron chi connectivity index (χ4n) is 2.75. The number of halogens is 4. The SMILES string of the molecule is CCCCOCCOCCNC(=NC)NCC1CCN(CC(F)(F)F)C1.I. The van der Waals surface area contributed by atoms with Crippen LogP contribution < -0.4 is 10.6 Å². The molecule has 0 amide bonds. The predicted octanol–water partition coefficient (Wildman–Crippen LogP) is 2.49. The lowest BCUT2D eigenvalue weighted by Gasteiger charge is -2.18. The average Bonchev–Trinajstić information content (AvgIpc) is 3.01. The minimum atomic E-state index is -4.12. The van der Waals surface area contributed by atoms with Crippen LogP contribution in [-0.4, -0.2) is 83.2 Å². The first-order valence-corrected chi connectivity index (χ1v) is 9.33. The van der Waals surface area contributed by atoms with Crippen molar-refractivity contribution in [2.45, 2.75) is 32.4 Å². The summed E-state index contributed by atoms with van der Waals surface area (Å²) in [7, 11) is 1.67. The van der Waals surface area contributed by atoms with Crippen LogP contribution >= 0.6 is 24.0 Å². The average molecular weight is 510 g/mol.